The Bertz CT molecular complexity index is 244. The van der Waals surface area contributed by atoms with Crippen LogP contribution in [-0.2, 0) is 6.42 Å². The molecule has 1 aromatic rings. The van der Waals surface area contributed by atoms with Crippen LogP contribution < -0.4 is 5.32 Å². The van der Waals surface area contributed by atoms with Crippen LogP contribution in [0.5, 0.6) is 0 Å². The SMILES string of the molecule is CCCC(CNC(C)C)Cc1cncs1. The van der Waals surface area contributed by atoms with Gasteiger partial charge in [0.2, 0.25) is 0 Å². The van der Waals surface area contributed by atoms with E-state index in [1.54, 1.807) is 11.3 Å². The lowest BCUT2D eigenvalue weighted by Gasteiger charge is -2.17. The summed E-state index contributed by atoms with van der Waals surface area (Å²) >= 11 is 1.77. The molecule has 86 valence electrons. The molecule has 1 rings (SSSR count). The second kappa shape index (κ2) is 6.96. The van der Waals surface area contributed by atoms with E-state index in [2.05, 4.69) is 31.1 Å². The molecule has 0 amide bonds. The summed E-state index contributed by atoms with van der Waals surface area (Å²) in [4.78, 5) is 5.54. The van der Waals surface area contributed by atoms with Crippen molar-refractivity contribution in [2.45, 2.75) is 46.1 Å². The lowest BCUT2D eigenvalue weighted by molar-refractivity contribution is 0.420. The largest absolute Gasteiger partial charge is 0.314 e. The Morgan fingerprint density at radius 2 is 2.27 bits per heavy atom. The molecule has 0 fully saturated rings. The highest BCUT2D eigenvalue weighted by atomic mass is 32.1. The van der Waals surface area contributed by atoms with E-state index in [1.807, 2.05) is 11.7 Å². The number of nitrogens with zero attached hydrogens (tertiary/aromatic N) is 1. The first-order valence-corrected chi connectivity index (χ1v) is 6.71. The Morgan fingerprint density at radius 1 is 1.47 bits per heavy atom. The Hall–Kier alpha value is -0.410. The summed E-state index contributed by atoms with van der Waals surface area (Å²) in [5, 5.41) is 3.53. The zero-order chi connectivity index (χ0) is 11.1. The Kier molecular flexibility index (Phi) is 5.88. The molecule has 1 N–H and O–H groups in total. The fraction of sp³-hybridized carbons (Fsp3) is 0.750. The molecule has 1 heterocycles. The van der Waals surface area contributed by atoms with Crippen molar-refractivity contribution < 1.29 is 0 Å². The van der Waals surface area contributed by atoms with Gasteiger partial charge in [-0.2, -0.15) is 0 Å². The van der Waals surface area contributed by atoms with Gasteiger partial charge in [0, 0.05) is 17.1 Å². The van der Waals surface area contributed by atoms with Crippen LogP contribution in [0.2, 0.25) is 0 Å². The summed E-state index contributed by atoms with van der Waals surface area (Å²) in [6.45, 7) is 7.80. The van der Waals surface area contributed by atoms with Crippen LogP contribution in [-0.4, -0.2) is 17.6 Å². The molecule has 0 saturated heterocycles. The first-order valence-electron chi connectivity index (χ1n) is 5.83. The van der Waals surface area contributed by atoms with Crippen LogP contribution in [0.4, 0.5) is 0 Å². The molecule has 1 unspecified atom stereocenters. The molecule has 2 nitrogen and oxygen atoms in total. The third-order valence-electron chi connectivity index (χ3n) is 2.49. The topological polar surface area (TPSA) is 24.9 Å². The normalized spacial score (nSPS) is 13.3. The van der Waals surface area contributed by atoms with Crippen LogP contribution >= 0.6 is 11.3 Å². The number of hydrogen-bond acceptors (Lipinski definition) is 3. The molecular formula is C12H22N2S. The second-order valence-electron chi connectivity index (χ2n) is 4.39. The van der Waals surface area contributed by atoms with Crippen molar-refractivity contribution in [1.82, 2.24) is 10.3 Å². The summed E-state index contributed by atoms with van der Waals surface area (Å²) in [5.41, 5.74) is 1.92. The fourth-order valence-electron chi connectivity index (χ4n) is 1.71. The lowest BCUT2D eigenvalue weighted by atomic mass is 9.99. The van der Waals surface area contributed by atoms with E-state index in [0.717, 1.165) is 12.5 Å². The minimum atomic E-state index is 0.589. The van der Waals surface area contributed by atoms with Gasteiger partial charge in [-0.25, -0.2) is 0 Å². The van der Waals surface area contributed by atoms with Crippen molar-refractivity contribution in [3.05, 3.63) is 16.6 Å². The average molecular weight is 226 g/mol. The summed E-state index contributed by atoms with van der Waals surface area (Å²) in [5.74, 6) is 0.762. The third-order valence-corrected chi connectivity index (χ3v) is 3.29. The molecule has 0 aliphatic heterocycles. The number of rotatable bonds is 7. The van der Waals surface area contributed by atoms with Gasteiger partial charge in [0.05, 0.1) is 5.51 Å². The van der Waals surface area contributed by atoms with E-state index in [4.69, 9.17) is 0 Å². The maximum Gasteiger partial charge on any atom is 0.0794 e. The number of thiazole rings is 1. The van der Waals surface area contributed by atoms with Gasteiger partial charge in [-0.15, -0.1) is 11.3 Å². The van der Waals surface area contributed by atoms with Gasteiger partial charge in [0.15, 0.2) is 0 Å². The maximum absolute atomic E-state index is 4.13. The molecule has 0 saturated carbocycles. The standard InChI is InChI=1S/C12H22N2S/c1-4-5-11(7-14-10(2)3)6-12-8-13-9-15-12/h8-11,14H,4-7H2,1-3H3. The van der Waals surface area contributed by atoms with Crippen LogP contribution in [0.3, 0.4) is 0 Å². The van der Waals surface area contributed by atoms with E-state index in [1.165, 1.54) is 24.1 Å². The maximum atomic E-state index is 4.13. The highest BCUT2D eigenvalue weighted by molar-refractivity contribution is 7.09. The van der Waals surface area contributed by atoms with E-state index >= 15 is 0 Å². The molecular weight excluding hydrogens is 204 g/mol. The molecule has 1 atom stereocenters. The lowest BCUT2D eigenvalue weighted by Crippen LogP contribution is -2.29. The van der Waals surface area contributed by atoms with Crippen LogP contribution in [0, 0.1) is 5.92 Å². The van der Waals surface area contributed by atoms with E-state index in [9.17, 15) is 0 Å². The van der Waals surface area contributed by atoms with Gasteiger partial charge in [0.25, 0.3) is 0 Å². The smallest absolute Gasteiger partial charge is 0.0794 e. The molecule has 0 aromatic carbocycles. The van der Waals surface area contributed by atoms with Crippen molar-refractivity contribution >= 4 is 11.3 Å². The van der Waals surface area contributed by atoms with Crippen LogP contribution in [0.15, 0.2) is 11.7 Å². The van der Waals surface area contributed by atoms with Crippen molar-refractivity contribution in [1.29, 1.82) is 0 Å². The van der Waals surface area contributed by atoms with Crippen molar-refractivity contribution in [2.24, 2.45) is 5.92 Å². The molecule has 0 aliphatic carbocycles. The third kappa shape index (κ3) is 5.28. The highest BCUT2D eigenvalue weighted by Crippen LogP contribution is 2.16. The van der Waals surface area contributed by atoms with Crippen LogP contribution in [0.1, 0.15) is 38.5 Å². The predicted octanol–water partition coefficient (Wildman–Crippen LogP) is 3.10. The molecule has 0 radical (unpaired) electrons. The van der Waals surface area contributed by atoms with Gasteiger partial charge in [0.1, 0.15) is 0 Å². The van der Waals surface area contributed by atoms with Gasteiger partial charge < -0.3 is 5.32 Å². The molecule has 3 heteroatoms. The first-order chi connectivity index (χ1) is 7.22. The van der Waals surface area contributed by atoms with Gasteiger partial charge in [-0.3, -0.25) is 4.98 Å². The summed E-state index contributed by atoms with van der Waals surface area (Å²) in [6.07, 6.45) is 5.75. The Labute approximate surface area is 97.1 Å². The number of nitrogens with one attached hydrogen (secondary N) is 1. The number of hydrogen-bond donors (Lipinski definition) is 1. The van der Waals surface area contributed by atoms with E-state index in [-0.39, 0.29) is 0 Å². The summed E-state index contributed by atoms with van der Waals surface area (Å²) < 4.78 is 0. The quantitative estimate of drug-likeness (QED) is 0.773. The van der Waals surface area contributed by atoms with Crippen molar-refractivity contribution in [3.8, 4) is 0 Å². The highest BCUT2D eigenvalue weighted by Gasteiger charge is 2.10. The molecule has 0 aliphatic rings. The second-order valence-corrected chi connectivity index (χ2v) is 5.36. The number of aromatic nitrogens is 1. The summed E-state index contributed by atoms with van der Waals surface area (Å²) in [7, 11) is 0. The van der Waals surface area contributed by atoms with Gasteiger partial charge in [-0.05, 0) is 25.3 Å². The zero-order valence-corrected chi connectivity index (χ0v) is 10.8. The molecule has 0 bridgehead atoms. The fourth-order valence-corrected chi connectivity index (χ4v) is 2.43. The van der Waals surface area contributed by atoms with Crippen molar-refractivity contribution in [2.75, 3.05) is 6.54 Å². The zero-order valence-electron chi connectivity index (χ0n) is 9.99. The van der Waals surface area contributed by atoms with Gasteiger partial charge in [-0.1, -0.05) is 27.2 Å². The molecule has 1 aromatic heterocycles. The minimum Gasteiger partial charge on any atom is -0.314 e. The first kappa shape index (κ1) is 12.7. The van der Waals surface area contributed by atoms with E-state index < -0.39 is 0 Å². The van der Waals surface area contributed by atoms with E-state index in [0.29, 0.717) is 6.04 Å². The molecule has 0 spiro atoms. The summed E-state index contributed by atoms with van der Waals surface area (Å²) in [6, 6.07) is 0.589. The van der Waals surface area contributed by atoms with Gasteiger partial charge >= 0.3 is 0 Å². The molecule has 15 heavy (non-hydrogen) atoms. The minimum absolute atomic E-state index is 0.589. The average Bonchev–Trinajstić information content (AvgIpc) is 2.67. The monoisotopic (exact) mass is 226 g/mol. The van der Waals surface area contributed by atoms with Crippen LogP contribution in [0.25, 0.3) is 0 Å². The predicted molar refractivity (Wildman–Crippen MR) is 67.4 cm³/mol. The Morgan fingerprint density at radius 3 is 2.80 bits per heavy atom. The van der Waals surface area contributed by atoms with Crippen molar-refractivity contribution in [3.63, 3.8) is 0 Å². The Balaban J connectivity index is 2.36.